The lowest BCUT2D eigenvalue weighted by molar-refractivity contribution is 0.0931. The molecule has 0 radical (unpaired) electrons. The minimum absolute atomic E-state index is 0.0538. The molecule has 1 saturated heterocycles. The number of hydrogen-bond acceptors (Lipinski definition) is 4. The molecule has 1 unspecified atom stereocenters. The van der Waals surface area contributed by atoms with Gasteiger partial charge >= 0.3 is 0 Å². The van der Waals surface area contributed by atoms with Gasteiger partial charge in [0, 0.05) is 25.8 Å². The fraction of sp³-hybridized carbons (Fsp3) is 0.571. The zero-order valence-corrected chi connectivity index (χ0v) is 11.6. The van der Waals surface area contributed by atoms with Crippen LogP contribution in [0.4, 0.5) is 5.82 Å². The standard InChI is InChI=1S/C14H22N4O/c1-11(10-18-7-3-4-8-18)17-14(19)12-5-6-13(15-2)16-9-12/h5-6,9,11H,3-4,7-8,10H2,1-2H3,(H,15,16)(H,17,19). The summed E-state index contributed by atoms with van der Waals surface area (Å²) in [6.07, 6.45) is 4.15. The lowest BCUT2D eigenvalue weighted by atomic mass is 10.2. The minimum Gasteiger partial charge on any atom is -0.373 e. The quantitative estimate of drug-likeness (QED) is 0.840. The Hall–Kier alpha value is -1.62. The predicted molar refractivity (Wildman–Crippen MR) is 76.4 cm³/mol. The van der Waals surface area contributed by atoms with E-state index < -0.39 is 0 Å². The summed E-state index contributed by atoms with van der Waals surface area (Å²) in [4.78, 5) is 18.6. The van der Waals surface area contributed by atoms with Crippen LogP contribution in [-0.4, -0.2) is 48.5 Å². The van der Waals surface area contributed by atoms with Gasteiger partial charge in [0.2, 0.25) is 0 Å². The molecule has 1 atom stereocenters. The van der Waals surface area contributed by atoms with Gasteiger partial charge in [-0.2, -0.15) is 0 Å². The summed E-state index contributed by atoms with van der Waals surface area (Å²) in [5, 5.41) is 5.95. The van der Waals surface area contributed by atoms with Crippen LogP contribution < -0.4 is 10.6 Å². The number of carbonyl (C=O) groups is 1. The zero-order chi connectivity index (χ0) is 13.7. The number of hydrogen-bond donors (Lipinski definition) is 2. The van der Waals surface area contributed by atoms with Crippen LogP contribution in [0.25, 0.3) is 0 Å². The molecule has 1 aliphatic heterocycles. The highest BCUT2D eigenvalue weighted by Gasteiger charge is 2.16. The van der Waals surface area contributed by atoms with Crippen LogP contribution >= 0.6 is 0 Å². The number of likely N-dealkylation sites (tertiary alicyclic amines) is 1. The van der Waals surface area contributed by atoms with Crippen molar-refractivity contribution in [1.82, 2.24) is 15.2 Å². The second kappa shape index (κ2) is 6.52. The van der Waals surface area contributed by atoms with Crippen molar-refractivity contribution in [1.29, 1.82) is 0 Å². The lowest BCUT2D eigenvalue weighted by Crippen LogP contribution is -2.41. The molecule has 2 N–H and O–H groups in total. The van der Waals surface area contributed by atoms with Gasteiger partial charge in [0.25, 0.3) is 5.91 Å². The van der Waals surface area contributed by atoms with Crippen LogP contribution in [0.2, 0.25) is 0 Å². The average Bonchev–Trinajstić information content (AvgIpc) is 2.91. The first-order chi connectivity index (χ1) is 9.19. The van der Waals surface area contributed by atoms with E-state index >= 15 is 0 Å². The second-order valence-electron chi connectivity index (χ2n) is 5.06. The second-order valence-corrected chi connectivity index (χ2v) is 5.06. The summed E-state index contributed by atoms with van der Waals surface area (Å²) in [7, 11) is 1.81. The Morgan fingerprint density at radius 3 is 2.74 bits per heavy atom. The highest BCUT2D eigenvalue weighted by atomic mass is 16.1. The molecular weight excluding hydrogens is 240 g/mol. The SMILES string of the molecule is CNc1ccc(C(=O)NC(C)CN2CCCC2)cn1. The molecule has 0 spiro atoms. The summed E-state index contributed by atoms with van der Waals surface area (Å²) in [6.45, 7) is 5.27. The molecule has 2 rings (SSSR count). The molecule has 1 amide bonds. The van der Waals surface area contributed by atoms with Crippen molar-refractivity contribution >= 4 is 11.7 Å². The lowest BCUT2D eigenvalue weighted by Gasteiger charge is -2.21. The van der Waals surface area contributed by atoms with Gasteiger partial charge in [0.15, 0.2) is 0 Å². The Bertz CT molecular complexity index is 412. The fourth-order valence-electron chi connectivity index (χ4n) is 2.38. The first-order valence-corrected chi connectivity index (χ1v) is 6.86. The van der Waals surface area contributed by atoms with Crippen molar-refractivity contribution in [2.75, 3.05) is 32.0 Å². The van der Waals surface area contributed by atoms with Crippen LogP contribution in [0.15, 0.2) is 18.3 Å². The number of carbonyl (C=O) groups excluding carboxylic acids is 1. The third kappa shape index (κ3) is 3.92. The van der Waals surface area contributed by atoms with Crippen molar-refractivity contribution in [3.8, 4) is 0 Å². The number of rotatable bonds is 5. The van der Waals surface area contributed by atoms with Crippen LogP contribution in [-0.2, 0) is 0 Å². The maximum absolute atomic E-state index is 12.0. The summed E-state index contributed by atoms with van der Waals surface area (Å²) in [5.41, 5.74) is 0.604. The molecule has 1 aromatic rings. The number of amides is 1. The van der Waals surface area contributed by atoms with Crippen molar-refractivity contribution in [3.05, 3.63) is 23.9 Å². The largest absolute Gasteiger partial charge is 0.373 e. The smallest absolute Gasteiger partial charge is 0.253 e. The van der Waals surface area contributed by atoms with Gasteiger partial charge < -0.3 is 15.5 Å². The summed E-state index contributed by atoms with van der Waals surface area (Å²) < 4.78 is 0. The molecule has 0 aromatic carbocycles. The van der Waals surface area contributed by atoms with Crippen molar-refractivity contribution in [2.24, 2.45) is 0 Å². The Labute approximate surface area is 114 Å². The normalized spacial score (nSPS) is 17.2. The van der Waals surface area contributed by atoms with Crippen LogP contribution in [0.5, 0.6) is 0 Å². The van der Waals surface area contributed by atoms with Gasteiger partial charge in [0.1, 0.15) is 5.82 Å². The molecule has 5 heteroatoms. The summed E-state index contributed by atoms with van der Waals surface area (Å²) >= 11 is 0. The molecule has 2 heterocycles. The van der Waals surface area contributed by atoms with Crippen LogP contribution in [0.3, 0.4) is 0 Å². The summed E-state index contributed by atoms with van der Waals surface area (Å²) in [6, 6.07) is 3.76. The van der Waals surface area contributed by atoms with E-state index in [1.165, 1.54) is 12.8 Å². The van der Waals surface area contributed by atoms with Gasteiger partial charge in [-0.25, -0.2) is 4.98 Å². The van der Waals surface area contributed by atoms with Gasteiger partial charge in [0.05, 0.1) is 5.56 Å². The molecule has 1 fully saturated rings. The number of nitrogens with zero attached hydrogens (tertiary/aromatic N) is 2. The summed E-state index contributed by atoms with van der Waals surface area (Å²) in [5.74, 6) is 0.712. The van der Waals surface area contributed by atoms with E-state index in [4.69, 9.17) is 0 Å². The van der Waals surface area contributed by atoms with Crippen LogP contribution in [0, 0.1) is 0 Å². The molecule has 0 aliphatic carbocycles. The Balaban J connectivity index is 1.84. The highest BCUT2D eigenvalue weighted by molar-refractivity contribution is 5.94. The van der Waals surface area contributed by atoms with Gasteiger partial charge in [-0.1, -0.05) is 0 Å². The monoisotopic (exact) mass is 262 g/mol. The van der Waals surface area contributed by atoms with Crippen molar-refractivity contribution in [2.45, 2.75) is 25.8 Å². The minimum atomic E-state index is -0.0538. The zero-order valence-electron chi connectivity index (χ0n) is 11.6. The Morgan fingerprint density at radius 2 is 2.16 bits per heavy atom. The molecule has 1 aromatic heterocycles. The molecule has 0 bridgehead atoms. The third-order valence-electron chi connectivity index (χ3n) is 3.39. The topological polar surface area (TPSA) is 57.3 Å². The van der Waals surface area contributed by atoms with Gasteiger partial charge in [-0.15, -0.1) is 0 Å². The van der Waals surface area contributed by atoms with Crippen molar-refractivity contribution < 1.29 is 4.79 Å². The van der Waals surface area contributed by atoms with Gasteiger partial charge in [-0.3, -0.25) is 4.79 Å². The number of aromatic nitrogens is 1. The molecule has 19 heavy (non-hydrogen) atoms. The van der Waals surface area contributed by atoms with E-state index in [9.17, 15) is 4.79 Å². The fourth-order valence-corrected chi connectivity index (χ4v) is 2.38. The van der Waals surface area contributed by atoms with Crippen molar-refractivity contribution in [3.63, 3.8) is 0 Å². The highest BCUT2D eigenvalue weighted by Crippen LogP contribution is 2.08. The maximum atomic E-state index is 12.0. The third-order valence-corrected chi connectivity index (χ3v) is 3.39. The Morgan fingerprint density at radius 1 is 1.42 bits per heavy atom. The molecule has 1 aliphatic rings. The predicted octanol–water partition coefficient (Wildman–Crippen LogP) is 1.34. The molecular formula is C14H22N4O. The molecule has 0 saturated carbocycles. The first kappa shape index (κ1) is 13.8. The number of pyridine rings is 1. The number of anilines is 1. The van der Waals surface area contributed by atoms with Gasteiger partial charge in [-0.05, 0) is 45.0 Å². The van der Waals surface area contributed by atoms with E-state index in [1.54, 1.807) is 25.4 Å². The number of nitrogens with one attached hydrogen (secondary N) is 2. The maximum Gasteiger partial charge on any atom is 0.253 e. The average molecular weight is 262 g/mol. The molecule has 5 nitrogen and oxygen atoms in total. The van der Waals surface area contributed by atoms with E-state index in [2.05, 4.69) is 20.5 Å². The van der Waals surface area contributed by atoms with E-state index in [-0.39, 0.29) is 11.9 Å². The van der Waals surface area contributed by atoms with E-state index in [0.29, 0.717) is 5.56 Å². The first-order valence-electron chi connectivity index (χ1n) is 6.86. The van der Waals surface area contributed by atoms with E-state index in [1.807, 2.05) is 6.92 Å². The van der Waals surface area contributed by atoms with Crippen LogP contribution in [0.1, 0.15) is 30.1 Å². The molecule has 104 valence electrons. The Kier molecular flexibility index (Phi) is 4.74. The van der Waals surface area contributed by atoms with E-state index in [0.717, 1.165) is 25.5 Å².